The van der Waals surface area contributed by atoms with E-state index in [1.807, 2.05) is 0 Å². The zero-order valence-corrected chi connectivity index (χ0v) is 10.4. The van der Waals surface area contributed by atoms with E-state index in [1.54, 1.807) is 15.9 Å². The topological polar surface area (TPSA) is 97.6 Å². The minimum atomic E-state index is -0.926. The molecule has 19 heavy (non-hydrogen) atoms. The maximum Gasteiger partial charge on any atom is 0.305 e. The lowest BCUT2D eigenvalue weighted by molar-refractivity contribution is -0.146. The third-order valence-corrected chi connectivity index (χ3v) is 2.98. The number of carboxylic acid groups (broad SMARTS) is 1. The van der Waals surface area contributed by atoms with Gasteiger partial charge in [-0.05, 0) is 0 Å². The van der Waals surface area contributed by atoms with Gasteiger partial charge in [0.05, 0.1) is 32.2 Å². The van der Waals surface area contributed by atoms with Gasteiger partial charge in [0.1, 0.15) is 12.7 Å². The van der Waals surface area contributed by atoms with E-state index >= 15 is 0 Å². The summed E-state index contributed by atoms with van der Waals surface area (Å²) in [6, 6.07) is -0.380. The van der Waals surface area contributed by atoms with Gasteiger partial charge in [-0.3, -0.25) is 14.3 Å². The summed E-state index contributed by atoms with van der Waals surface area (Å²) in [7, 11) is 0. The van der Waals surface area contributed by atoms with E-state index in [-0.39, 0.29) is 31.4 Å². The van der Waals surface area contributed by atoms with Crippen molar-refractivity contribution in [2.24, 2.45) is 0 Å². The molecule has 1 atom stereocenters. The van der Waals surface area contributed by atoms with Crippen LogP contribution in [0, 0.1) is 0 Å². The average molecular weight is 268 g/mol. The van der Waals surface area contributed by atoms with Crippen LogP contribution < -0.4 is 0 Å². The molecule has 1 fully saturated rings. The first-order valence-corrected chi connectivity index (χ1v) is 6.08. The summed E-state index contributed by atoms with van der Waals surface area (Å²) in [5.74, 6) is -1.00. The summed E-state index contributed by atoms with van der Waals surface area (Å²) >= 11 is 0. The third kappa shape index (κ3) is 3.75. The summed E-state index contributed by atoms with van der Waals surface area (Å²) in [6.07, 6.45) is 3.14. The van der Waals surface area contributed by atoms with Crippen molar-refractivity contribution in [1.29, 1.82) is 0 Å². The largest absolute Gasteiger partial charge is 0.481 e. The Bertz CT molecular complexity index is 434. The molecule has 1 unspecified atom stereocenters. The zero-order chi connectivity index (χ0) is 13.7. The number of nitrogens with zero attached hydrogens (tertiary/aromatic N) is 4. The van der Waals surface area contributed by atoms with Crippen molar-refractivity contribution in [2.45, 2.75) is 25.4 Å². The first-order chi connectivity index (χ1) is 9.16. The second-order valence-electron chi connectivity index (χ2n) is 4.32. The lowest BCUT2D eigenvalue weighted by Crippen LogP contribution is -2.49. The molecule has 2 rings (SSSR count). The highest BCUT2D eigenvalue weighted by molar-refractivity contribution is 5.77. The van der Waals surface area contributed by atoms with E-state index in [4.69, 9.17) is 9.84 Å². The van der Waals surface area contributed by atoms with Crippen LogP contribution in [0.1, 0.15) is 12.8 Å². The number of hydrogen-bond acceptors (Lipinski definition) is 5. The average Bonchev–Trinajstić information content (AvgIpc) is 2.89. The van der Waals surface area contributed by atoms with Gasteiger partial charge in [0.25, 0.3) is 0 Å². The molecule has 1 aromatic heterocycles. The van der Waals surface area contributed by atoms with Gasteiger partial charge >= 0.3 is 5.97 Å². The molecule has 0 spiro atoms. The lowest BCUT2D eigenvalue weighted by Gasteiger charge is -2.34. The molecular formula is C11H16N4O4. The fourth-order valence-corrected chi connectivity index (χ4v) is 2.06. The number of rotatable bonds is 5. The third-order valence-electron chi connectivity index (χ3n) is 2.98. The number of aryl methyl sites for hydroxylation is 1. The maximum absolute atomic E-state index is 12.1. The van der Waals surface area contributed by atoms with Crippen molar-refractivity contribution in [3.63, 3.8) is 0 Å². The molecule has 8 nitrogen and oxygen atoms in total. The Labute approximate surface area is 110 Å². The summed E-state index contributed by atoms with van der Waals surface area (Å²) in [5.41, 5.74) is 0. The number of morpholine rings is 1. The van der Waals surface area contributed by atoms with Gasteiger partial charge in [0, 0.05) is 13.0 Å². The van der Waals surface area contributed by atoms with Crippen molar-refractivity contribution in [3.8, 4) is 0 Å². The number of carboxylic acids is 1. The van der Waals surface area contributed by atoms with Gasteiger partial charge in [0.15, 0.2) is 0 Å². The van der Waals surface area contributed by atoms with Crippen LogP contribution in [0.25, 0.3) is 0 Å². The number of ether oxygens (including phenoxy) is 1. The van der Waals surface area contributed by atoms with Crippen LogP contribution in [0.15, 0.2) is 12.7 Å². The maximum atomic E-state index is 12.1. The Kier molecular flexibility index (Phi) is 4.45. The lowest BCUT2D eigenvalue weighted by atomic mass is 10.1. The number of aliphatic carboxylic acids is 1. The smallest absolute Gasteiger partial charge is 0.305 e. The van der Waals surface area contributed by atoms with Crippen LogP contribution in [0.2, 0.25) is 0 Å². The predicted octanol–water partition coefficient (Wildman–Crippen LogP) is -0.630. The summed E-state index contributed by atoms with van der Waals surface area (Å²) in [6.45, 7) is 1.61. The van der Waals surface area contributed by atoms with Gasteiger partial charge in [-0.2, -0.15) is 5.10 Å². The van der Waals surface area contributed by atoms with Crippen LogP contribution in [-0.4, -0.2) is 62.4 Å². The van der Waals surface area contributed by atoms with Gasteiger partial charge in [-0.1, -0.05) is 0 Å². The first kappa shape index (κ1) is 13.5. The minimum absolute atomic E-state index is 0.0787. The monoisotopic (exact) mass is 268 g/mol. The Morgan fingerprint density at radius 1 is 1.47 bits per heavy atom. The molecule has 0 bridgehead atoms. The van der Waals surface area contributed by atoms with Crippen molar-refractivity contribution in [1.82, 2.24) is 19.7 Å². The van der Waals surface area contributed by atoms with Crippen LogP contribution in [0.3, 0.4) is 0 Å². The van der Waals surface area contributed by atoms with Crippen LogP contribution in [0.5, 0.6) is 0 Å². The molecule has 1 N–H and O–H groups in total. The molecule has 0 aliphatic carbocycles. The number of amides is 1. The predicted molar refractivity (Wildman–Crippen MR) is 63.2 cm³/mol. The SMILES string of the molecule is O=C(O)CC1COCCN1C(=O)CCn1cncn1. The van der Waals surface area contributed by atoms with Crippen molar-refractivity contribution in [3.05, 3.63) is 12.7 Å². The number of aromatic nitrogens is 3. The molecular weight excluding hydrogens is 252 g/mol. The summed E-state index contributed by atoms with van der Waals surface area (Å²) < 4.78 is 6.80. The van der Waals surface area contributed by atoms with Crippen LogP contribution in [0.4, 0.5) is 0 Å². The van der Waals surface area contributed by atoms with E-state index in [9.17, 15) is 9.59 Å². The van der Waals surface area contributed by atoms with E-state index < -0.39 is 5.97 Å². The highest BCUT2D eigenvalue weighted by Gasteiger charge is 2.28. The highest BCUT2D eigenvalue weighted by Crippen LogP contribution is 2.12. The Morgan fingerprint density at radius 3 is 3.00 bits per heavy atom. The molecule has 2 heterocycles. The Balaban J connectivity index is 1.89. The summed E-state index contributed by atoms with van der Waals surface area (Å²) in [4.78, 5) is 28.3. The molecule has 0 aromatic carbocycles. The molecule has 1 aliphatic heterocycles. The van der Waals surface area contributed by atoms with Crippen LogP contribution >= 0.6 is 0 Å². The second-order valence-corrected chi connectivity index (χ2v) is 4.32. The van der Waals surface area contributed by atoms with E-state index in [0.29, 0.717) is 19.7 Å². The summed E-state index contributed by atoms with van der Waals surface area (Å²) in [5, 5.41) is 12.7. The highest BCUT2D eigenvalue weighted by atomic mass is 16.5. The second kappa shape index (κ2) is 6.28. The van der Waals surface area contributed by atoms with Crippen molar-refractivity contribution in [2.75, 3.05) is 19.8 Å². The standard InChI is InChI=1S/C11H16N4O4/c16-10(1-2-14-8-12-7-13-14)15-3-4-19-6-9(15)5-11(17)18/h7-9H,1-6H2,(H,17,18). The number of carbonyl (C=O) groups is 2. The van der Waals surface area contributed by atoms with E-state index in [1.165, 1.54) is 6.33 Å². The van der Waals surface area contributed by atoms with Crippen LogP contribution in [-0.2, 0) is 20.9 Å². The Morgan fingerprint density at radius 2 is 2.32 bits per heavy atom. The van der Waals surface area contributed by atoms with Crippen molar-refractivity contribution < 1.29 is 19.4 Å². The minimum Gasteiger partial charge on any atom is -0.481 e. The fraction of sp³-hybridized carbons (Fsp3) is 0.636. The van der Waals surface area contributed by atoms with Crippen molar-refractivity contribution >= 4 is 11.9 Å². The molecule has 1 aliphatic rings. The quantitative estimate of drug-likeness (QED) is 0.763. The van der Waals surface area contributed by atoms with E-state index in [0.717, 1.165) is 0 Å². The molecule has 1 saturated heterocycles. The molecule has 0 radical (unpaired) electrons. The molecule has 1 amide bonds. The van der Waals surface area contributed by atoms with Gasteiger partial charge in [0.2, 0.25) is 5.91 Å². The normalized spacial score (nSPS) is 19.4. The molecule has 104 valence electrons. The number of carbonyl (C=O) groups excluding carboxylic acids is 1. The molecule has 8 heteroatoms. The van der Waals surface area contributed by atoms with Gasteiger partial charge < -0.3 is 14.7 Å². The molecule has 0 saturated carbocycles. The first-order valence-electron chi connectivity index (χ1n) is 6.08. The van der Waals surface area contributed by atoms with Gasteiger partial charge in [-0.15, -0.1) is 0 Å². The Hall–Kier alpha value is -1.96. The van der Waals surface area contributed by atoms with E-state index in [2.05, 4.69) is 10.1 Å². The number of hydrogen-bond donors (Lipinski definition) is 1. The zero-order valence-electron chi connectivity index (χ0n) is 10.4. The fourth-order valence-electron chi connectivity index (χ4n) is 2.06. The molecule has 1 aromatic rings. The van der Waals surface area contributed by atoms with Gasteiger partial charge in [-0.25, -0.2) is 4.98 Å².